The van der Waals surface area contributed by atoms with E-state index in [0.717, 1.165) is 24.8 Å². The number of ether oxygens (including phenoxy) is 2. The van der Waals surface area contributed by atoms with Gasteiger partial charge in [0.05, 0.1) is 7.11 Å². The first-order valence-electron chi connectivity index (χ1n) is 8.65. The number of carbonyl (C=O) groups excluding carboxylic acids is 1. The standard InChI is InChI=1S/C18H26F2N2O3/c1-12-5-3-4-6-14(12)22-18(23)21-10-9-13-7-8-15(25-17(19)20)16(11-13)24-2/h7-8,11-12,14,17H,3-6,9-10H2,1-2H3,(H2,21,22,23)/t12-,14+/m0/s1. The van der Waals surface area contributed by atoms with Crippen molar-refractivity contribution in [2.24, 2.45) is 5.92 Å². The number of urea groups is 1. The maximum atomic E-state index is 12.3. The first-order chi connectivity index (χ1) is 12.0. The molecule has 0 aromatic heterocycles. The summed E-state index contributed by atoms with van der Waals surface area (Å²) >= 11 is 0. The molecule has 7 heteroatoms. The Kier molecular flexibility index (Phi) is 7.28. The van der Waals surface area contributed by atoms with Crippen molar-refractivity contribution in [2.75, 3.05) is 13.7 Å². The van der Waals surface area contributed by atoms with Crippen LogP contribution < -0.4 is 20.1 Å². The number of benzene rings is 1. The molecule has 5 nitrogen and oxygen atoms in total. The molecule has 2 N–H and O–H groups in total. The van der Waals surface area contributed by atoms with Crippen molar-refractivity contribution >= 4 is 6.03 Å². The number of halogens is 2. The smallest absolute Gasteiger partial charge is 0.387 e. The molecule has 2 atom stereocenters. The molecule has 2 rings (SSSR count). The average Bonchev–Trinajstić information content (AvgIpc) is 2.57. The van der Waals surface area contributed by atoms with Crippen LogP contribution in [0.3, 0.4) is 0 Å². The number of rotatable bonds is 7. The van der Waals surface area contributed by atoms with Crippen molar-refractivity contribution in [3.05, 3.63) is 23.8 Å². The normalized spacial score (nSPS) is 20.2. The monoisotopic (exact) mass is 356 g/mol. The summed E-state index contributed by atoms with van der Waals surface area (Å²) in [5.74, 6) is 0.752. The molecule has 0 aliphatic heterocycles. The lowest BCUT2D eigenvalue weighted by atomic mass is 9.86. The summed E-state index contributed by atoms with van der Waals surface area (Å²) in [4.78, 5) is 12.0. The molecule has 1 aliphatic carbocycles. The zero-order chi connectivity index (χ0) is 18.2. The number of carbonyl (C=O) groups is 1. The second kappa shape index (κ2) is 9.44. The van der Waals surface area contributed by atoms with Crippen LogP contribution in [0.5, 0.6) is 11.5 Å². The Bertz CT molecular complexity index is 569. The molecule has 1 saturated carbocycles. The van der Waals surface area contributed by atoms with Crippen LogP contribution in [0.4, 0.5) is 13.6 Å². The van der Waals surface area contributed by atoms with Gasteiger partial charge < -0.3 is 20.1 Å². The van der Waals surface area contributed by atoms with Crippen LogP contribution in [-0.4, -0.2) is 32.3 Å². The molecule has 0 spiro atoms. The van der Waals surface area contributed by atoms with Gasteiger partial charge in [-0.2, -0.15) is 8.78 Å². The van der Waals surface area contributed by atoms with Gasteiger partial charge in [0.25, 0.3) is 0 Å². The van der Waals surface area contributed by atoms with Crippen molar-refractivity contribution < 1.29 is 23.0 Å². The highest BCUT2D eigenvalue weighted by Gasteiger charge is 2.22. The number of alkyl halides is 2. The Morgan fingerprint density at radius 2 is 2.04 bits per heavy atom. The minimum atomic E-state index is -2.90. The van der Waals surface area contributed by atoms with Crippen LogP contribution in [0.25, 0.3) is 0 Å². The lowest BCUT2D eigenvalue weighted by Gasteiger charge is -2.29. The maximum Gasteiger partial charge on any atom is 0.387 e. The van der Waals surface area contributed by atoms with Crippen LogP contribution in [-0.2, 0) is 6.42 Å². The number of hydrogen-bond acceptors (Lipinski definition) is 3. The Balaban J connectivity index is 1.79. The molecular formula is C18H26F2N2O3. The van der Waals surface area contributed by atoms with Crippen molar-refractivity contribution in [2.45, 2.75) is 51.7 Å². The van der Waals surface area contributed by atoms with Crippen LogP contribution in [0.2, 0.25) is 0 Å². The van der Waals surface area contributed by atoms with Gasteiger partial charge in [0.15, 0.2) is 11.5 Å². The molecule has 2 amide bonds. The molecule has 0 unspecified atom stereocenters. The lowest BCUT2D eigenvalue weighted by Crippen LogP contribution is -2.46. The van der Waals surface area contributed by atoms with Crippen LogP contribution in [0, 0.1) is 5.92 Å². The zero-order valence-corrected chi connectivity index (χ0v) is 14.7. The summed E-state index contributed by atoms with van der Waals surface area (Å²) in [6, 6.07) is 4.84. The third kappa shape index (κ3) is 6.07. The van der Waals surface area contributed by atoms with E-state index in [1.165, 1.54) is 19.6 Å². The van der Waals surface area contributed by atoms with Gasteiger partial charge in [-0.3, -0.25) is 0 Å². The highest BCUT2D eigenvalue weighted by Crippen LogP contribution is 2.29. The van der Waals surface area contributed by atoms with Gasteiger partial charge in [-0.05, 0) is 42.9 Å². The third-order valence-electron chi connectivity index (χ3n) is 4.57. The van der Waals surface area contributed by atoms with Gasteiger partial charge in [-0.1, -0.05) is 25.8 Å². The second-order valence-corrected chi connectivity index (χ2v) is 6.38. The van der Waals surface area contributed by atoms with Crippen LogP contribution in [0.15, 0.2) is 18.2 Å². The Labute approximate surface area is 147 Å². The number of methoxy groups -OCH3 is 1. The topological polar surface area (TPSA) is 59.6 Å². The molecule has 140 valence electrons. The van der Waals surface area contributed by atoms with Gasteiger partial charge in [0.2, 0.25) is 0 Å². The third-order valence-corrected chi connectivity index (χ3v) is 4.57. The summed E-state index contributed by atoms with van der Waals surface area (Å²) in [6.07, 6.45) is 5.13. The van der Waals surface area contributed by atoms with E-state index in [1.54, 1.807) is 12.1 Å². The molecule has 0 bridgehead atoms. The van der Waals surface area contributed by atoms with E-state index < -0.39 is 6.61 Å². The molecule has 0 radical (unpaired) electrons. The Morgan fingerprint density at radius 3 is 2.72 bits per heavy atom. The number of amides is 2. The van der Waals surface area contributed by atoms with Gasteiger partial charge in [0, 0.05) is 12.6 Å². The quantitative estimate of drug-likeness (QED) is 0.783. The summed E-state index contributed by atoms with van der Waals surface area (Å²) in [5.41, 5.74) is 0.866. The first-order valence-corrected chi connectivity index (χ1v) is 8.65. The number of hydrogen-bond donors (Lipinski definition) is 2. The minimum Gasteiger partial charge on any atom is -0.493 e. The fourth-order valence-electron chi connectivity index (χ4n) is 3.13. The molecule has 25 heavy (non-hydrogen) atoms. The summed E-state index contributed by atoms with van der Waals surface area (Å²) in [5, 5.41) is 5.87. The fourth-order valence-corrected chi connectivity index (χ4v) is 3.13. The molecule has 1 aliphatic rings. The van der Waals surface area contributed by atoms with Gasteiger partial charge in [-0.15, -0.1) is 0 Å². The van der Waals surface area contributed by atoms with Crippen molar-refractivity contribution in [1.29, 1.82) is 0 Å². The van der Waals surface area contributed by atoms with E-state index in [1.807, 2.05) is 0 Å². The predicted molar refractivity (Wildman–Crippen MR) is 91.3 cm³/mol. The van der Waals surface area contributed by atoms with E-state index in [4.69, 9.17) is 4.74 Å². The Morgan fingerprint density at radius 1 is 1.28 bits per heavy atom. The van der Waals surface area contributed by atoms with E-state index in [-0.39, 0.29) is 23.6 Å². The second-order valence-electron chi connectivity index (χ2n) is 6.38. The molecule has 1 aromatic carbocycles. The van der Waals surface area contributed by atoms with Crippen molar-refractivity contribution in [3.8, 4) is 11.5 Å². The van der Waals surface area contributed by atoms with E-state index in [9.17, 15) is 13.6 Å². The predicted octanol–water partition coefficient (Wildman–Crippen LogP) is 3.72. The molecule has 0 saturated heterocycles. The highest BCUT2D eigenvalue weighted by molar-refractivity contribution is 5.74. The SMILES string of the molecule is COc1cc(CCNC(=O)N[C@@H]2CCCC[C@@H]2C)ccc1OC(F)F. The van der Waals surface area contributed by atoms with E-state index in [2.05, 4.69) is 22.3 Å². The minimum absolute atomic E-state index is 0.00163. The van der Waals surface area contributed by atoms with Gasteiger partial charge in [0.1, 0.15) is 0 Å². The lowest BCUT2D eigenvalue weighted by molar-refractivity contribution is -0.0512. The average molecular weight is 356 g/mol. The fraction of sp³-hybridized carbons (Fsp3) is 0.611. The van der Waals surface area contributed by atoms with Gasteiger partial charge in [-0.25, -0.2) is 4.79 Å². The van der Waals surface area contributed by atoms with Crippen LogP contribution >= 0.6 is 0 Å². The van der Waals surface area contributed by atoms with Crippen LogP contribution in [0.1, 0.15) is 38.2 Å². The maximum absolute atomic E-state index is 12.3. The van der Waals surface area contributed by atoms with Gasteiger partial charge >= 0.3 is 12.6 Å². The number of nitrogens with one attached hydrogen (secondary N) is 2. The zero-order valence-electron chi connectivity index (χ0n) is 14.7. The molecule has 1 aromatic rings. The first kappa shape index (κ1) is 19.3. The molecule has 0 heterocycles. The van der Waals surface area contributed by atoms with Crippen molar-refractivity contribution in [3.63, 3.8) is 0 Å². The largest absolute Gasteiger partial charge is 0.493 e. The summed E-state index contributed by atoms with van der Waals surface area (Å²) in [6.45, 7) is -0.280. The van der Waals surface area contributed by atoms with E-state index >= 15 is 0 Å². The summed E-state index contributed by atoms with van der Waals surface area (Å²) in [7, 11) is 1.40. The van der Waals surface area contributed by atoms with Crippen molar-refractivity contribution in [1.82, 2.24) is 10.6 Å². The highest BCUT2D eigenvalue weighted by atomic mass is 19.3. The molecular weight excluding hydrogens is 330 g/mol. The summed E-state index contributed by atoms with van der Waals surface area (Å²) < 4.78 is 34.1. The Hall–Kier alpha value is -2.05. The van der Waals surface area contributed by atoms with E-state index in [0.29, 0.717) is 18.9 Å². The molecule has 1 fully saturated rings.